The molecular weight excluding hydrogens is 753 g/mol. The van der Waals surface area contributed by atoms with E-state index in [4.69, 9.17) is 28.7 Å². The number of carboxylic acid groups (broad SMARTS) is 2. The van der Waals surface area contributed by atoms with Crippen molar-refractivity contribution in [2.75, 3.05) is 46.2 Å². The molecule has 6 fully saturated rings. The largest absolute Gasteiger partial charge is 0.481 e. The summed E-state index contributed by atoms with van der Waals surface area (Å²) in [5.41, 5.74) is 0. The quantitative estimate of drug-likeness (QED) is 0.0465. The number of carbonyl (C=O) groups excluding carboxylic acids is 1. The van der Waals surface area contributed by atoms with Gasteiger partial charge in [-0.3, -0.25) is 14.4 Å². The van der Waals surface area contributed by atoms with Gasteiger partial charge in [-0.15, -0.1) is 0 Å². The Morgan fingerprint density at radius 2 is 0.915 bits per heavy atom. The van der Waals surface area contributed by atoms with E-state index in [0.717, 1.165) is 102 Å². The van der Waals surface area contributed by atoms with Crippen LogP contribution >= 0.6 is 0 Å². The second kappa shape index (κ2) is 25.4. The third kappa shape index (κ3) is 15.2. The summed E-state index contributed by atoms with van der Waals surface area (Å²) in [4.78, 5) is 48.9. The van der Waals surface area contributed by atoms with Crippen LogP contribution in [0.2, 0.25) is 0 Å². The van der Waals surface area contributed by atoms with Gasteiger partial charge in [0.2, 0.25) is 0 Å². The average Bonchev–Trinajstić information content (AvgIpc) is 3.26. The standard InChI is InChI=1S/C48H80O11/c49-46(50)43-21-15-38(36-7-3-1-4-8-36)31-40(43)33-57-59-42-19-13-35(14-20-42)24-26-55-28-30-56-29-27-54-25-23-34-11-17-41(18-12-34)58-48(53)45-32-39(16-22-44(45)47(51)52)37-9-5-2-6-10-37/h34-45H,1-33H2,(H,49,50)(H,51,52). The summed E-state index contributed by atoms with van der Waals surface area (Å²) in [6.45, 7) is 4.09. The first kappa shape index (κ1) is 46.7. The third-order valence-corrected chi connectivity index (χ3v) is 15.9. The Hall–Kier alpha value is -1.79. The Labute approximate surface area is 355 Å². The maximum atomic E-state index is 13.3. The SMILES string of the molecule is O=C(O)C1CCC(C2CCCCC2)CC1COOC1CCC(CCOCCOCCOCCC2CCC(OC(=O)C3CC(C4CCCCC4)CCC3C(=O)O)CC2)CC1. The number of ether oxygens (including phenoxy) is 4. The molecule has 0 radical (unpaired) electrons. The van der Waals surface area contributed by atoms with Crippen molar-refractivity contribution in [3.05, 3.63) is 0 Å². The van der Waals surface area contributed by atoms with Crippen LogP contribution in [0.3, 0.4) is 0 Å². The summed E-state index contributed by atoms with van der Waals surface area (Å²) in [6.07, 6.45) is 27.7. The van der Waals surface area contributed by atoms with E-state index in [0.29, 0.717) is 82.1 Å². The van der Waals surface area contributed by atoms with E-state index in [-0.39, 0.29) is 30.0 Å². The molecule has 11 heteroatoms. The molecule has 6 aliphatic rings. The van der Waals surface area contributed by atoms with Gasteiger partial charge in [-0.25, -0.2) is 9.78 Å². The maximum Gasteiger partial charge on any atom is 0.310 e. The first-order chi connectivity index (χ1) is 28.8. The van der Waals surface area contributed by atoms with Crippen molar-refractivity contribution in [2.45, 2.75) is 179 Å². The summed E-state index contributed by atoms with van der Waals surface area (Å²) in [5.74, 6) is 0.543. The molecule has 0 aliphatic heterocycles. The number of carboxylic acids is 2. The van der Waals surface area contributed by atoms with Crippen molar-refractivity contribution in [2.24, 2.45) is 59.2 Å². The van der Waals surface area contributed by atoms with E-state index < -0.39 is 23.8 Å². The molecule has 0 aromatic carbocycles. The predicted molar refractivity (Wildman–Crippen MR) is 223 cm³/mol. The molecule has 6 saturated carbocycles. The zero-order valence-corrected chi connectivity index (χ0v) is 36.3. The lowest BCUT2D eigenvalue weighted by molar-refractivity contribution is -0.337. The lowest BCUT2D eigenvalue weighted by atomic mass is 9.67. The molecule has 6 aliphatic carbocycles. The average molecular weight is 833 g/mol. The van der Waals surface area contributed by atoms with E-state index in [9.17, 15) is 24.6 Å². The number of aliphatic carboxylic acids is 2. The van der Waals surface area contributed by atoms with Gasteiger partial charge in [-0.1, -0.05) is 64.2 Å². The second-order valence-corrected chi connectivity index (χ2v) is 19.7. The number of hydrogen-bond acceptors (Lipinski definition) is 9. The van der Waals surface area contributed by atoms with Crippen LogP contribution in [0, 0.1) is 59.2 Å². The molecule has 0 saturated heterocycles. The van der Waals surface area contributed by atoms with E-state index in [1.165, 1.54) is 64.2 Å². The Morgan fingerprint density at radius 3 is 1.44 bits per heavy atom. The minimum absolute atomic E-state index is 0.0469. The summed E-state index contributed by atoms with van der Waals surface area (Å²) in [6, 6.07) is 0. The summed E-state index contributed by atoms with van der Waals surface area (Å²) >= 11 is 0. The third-order valence-electron chi connectivity index (χ3n) is 15.9. The molecule has 0 aromatic rings. The van der Waals surface area contributed by atoms with E-state index in [1.807, 2.05) is 0 Å². The number of rotatable bonds is 22. The highest BCUT2D eigenvalue weighted by molar-refractivity contribution is 5.81. The van der Waals surface area contributed by atoms with Gasteiger partial charge in [0.1, 0.15) is 6.10 Å². The van der Waals surface area contributed by atoms with E-state index in [2.05, 4.69) is 0 Å². The molecule has 6 rings (SSSR count). The second-order valence-electron chi connectivity index (χ2n) is 19.7. The van der Waals surface area contributed by atoms with Crippen LogP contribution in [0.25, 0.3) is 0 Å². The minimum atomic E-state index is -0.844. The van der Waals surface area contributed by atoms with Gasteiger partial charge in [-0.2, -0.15) is 0 Å². The number of esters is 1. The van der Waals surface area contributed by atoms with Crippen LogP contribution in [-0.2, 0) is 43.1 Å². The van der Waals surface area contributed by atoms with Gasteiger partial charge >= 0.3 is 17.9 Å². The highest BCUT2D eigenvalue weighted by Gasteiger charge is 2.43. The normalized spacial score (nSPS) is 34.0. The van der Waals surface area contributed by atoms with Crippen LogP contribution in [-0.4, -0.2) is 86.6 Å². The van der Waals surface area contributed by atoms with Crippen LogP contribution in [0.4, 0.5) is 0 Å². The van der Waals surface area contributed by atoms with Crippen molar-refractivity contribution in [1.82, 2.24) is 0 Å². The molecule has 6 unspecified atom stereocenters. The van der Waals surface area contributed by atoms with Gasteiger partial charge in [0.05, 0.1) is 56.9 Å². The monoisotopic (exact) mass is 833 g/mol. The lowest BCUT2D eigenvalue weighted by Gasteiger charge is -2.39. The highest BCUT2D eigenvalue weighted by atomic mass is 17.2. The molecule has 2 N–H and O–H groups in total. The van der Waals surface area contributed by atoms with Crippen molar-refractivity contribution in [3.8, 4) is 0 Å². The fraction of sp³-hybridized carbons (Fsp3) is 0.938. The Morgan fingerprint density at radius 1 is 0.441 bits per heavy atom. The van der Waals surface area contributed by atoms with E-state index in [1.54, 1.807) is 0 Å². The van der Waals surface area contributed by atoms with Gasteiger partial charge in [0, 0.05) is 13.2 Å². The fourth-order valence-corrected chi connectivity index (χ4v) is 12.2. The van der Waals surface area contributed by atoms with Gasteiger partial charge < -0.3 is 29.2 Å². The Bertz CT molecular complexity index is 1220. The van der Waals surface area contributed by atoms with Crippen molar-refractivity contribution in [1.29, 1.82) is 0 Å². The molecule has 0 aromatic heterocycles. The van der Waals surface area contributed by atoms with Crippen LogP contribution in [0.5, 0.6) is 0 Å². The molecule has 0 amide bonds. The van der Waals surface area contributed by atoms with Crippen molar-refractivity contribution >= 4 is 17.9 Å². The van der Waals surface area contributed by atoms with Crippen molar-refractivity contribution in [3.63, 3.8) is 0 Å². The van der Waals surface area contributed by atoms with Gasteiger partial charge in [0.25, 0.3) is 0 Å². The maximum absolute atomic E-state index is 13.3. The fourth-order valence-electron chi connectivity index (χ4n) is 12.2. The zero-order chi connectivity index (χ0) is 41.2. The van der Waals surface area contributed by atoms with Crippen LogP contribution in [0.1, 0.15) is 167 Å². The Kier molecular flexibility index (Phi) is 20.1. The molecule has 6 atom stereocenters. The molecule has 0 spiro atoms. The topological polar surface area (TPSA) is 147 Å². The number of hydrogen-bond donors (Lipinski definition) is 2. The van der Waals surface area contributed by atoms with Gasteiger partial charge in [-0.05, 0) is 144 Å². The van der Waals surface area contributed by atoms with Crippen LogP contribution in [0.15, 0.2) is 0 Å². The smallest absolute Gasteiger partial charge is 0.310 e. The molecular formula is C48H80O11. The minimum Gasteiger partial charge on any atom is -0.481 e. The van der Waals surface area contributed by atoms with Crippen molar-refractivity contribution < 1.29 is 53.3 Å². The lowest BCUT2D eigenvalue weighted by Crippen LogP contribution is -2.40. The first-order valence-electron chi connectivity index (χ1n) is 24.5. The van der Waals surface area contributed by atoms with Gasteiger partial charge in [0.15, 0.2) is 0 Å². The molecule has 11 nitrogen and oxygen atoms in total. The van der Waals surface area contributed by atoms with E-state index >= 15 is 0 Å². The van der Waals surface area contributed by atoms with Crippen LogP contribution < -0.4 is 0 Å². The summed E-state index contributed by atoms with van der Waals surface area (Å²) in [5, 5.41) is 19.7. The summed E-state index contributed by atoms with van der Waals surface area (Å²) in [7, 11) is 0. The highest BCUT2D eigenvalue weighted by Crippen LogP contribution is 2.45. The molecule has 59 heavy (non-hydrogen) atoms. The first-order valence-corrected chi connectivity index (χ1v) is 24.5. The Balaban J connectivity index is 0.724. The number of carbonyl (C=O) groups is 3. The molecule has 0 bridgehead atoms. The molecule has 0 heterocycles. The summed E-state index contributed by atoms with van der Waals surface area (Å²) < 4.78 is 23.5. The predicted octanol–water partition coefficient (Wildman–Crippen LogP) is 9.82. The molecule has 338 valence electrons. The zero-order valence-electron chi connectivity index (χ0n) is 36.3.